The average molecular weight is 157 g/mol. The quantitative estimate of drug-likeness (QED) is 0.586. The summed E-state index contributed by atoms with van der Waals surface area (Å²) < 4.78 is 12.3. The number of halogens is 2. The van der Waals surface area contributed by atoms with Crippen molar-refractivity contribution in [1.29, 1.82) is 0 Å². The van der Waals surface area contributed by atoms with E-state index in [-0.39, 0.29) is 5.82 Å². The largest absolute Gasteiger partial charge is 0.207 e. The van der Waals surface area contributed by atoms with Crippen molar-refractivity contribution < 1.29 is 4.39 Å². The molecular formula is C8H6ClF. The Morgan fingerprint density at radius 2 is 1.80 bits per heavy atom. The molecule has 0 bridgehead atoms. The van der Waals surface area contributed by atoms with Gasteiger partial charge in [-0.15, -0.1) is 0 Å². The van der Waals surface area contributed by atoms with Crippen molar-refractivity contribution in [2.45, 2.75) is 0 Å². The van der Waals surface area contributed by atoms with Gasteiger partial charge < -0.3 is 0 Å². The molecule has 0 aliphatic carbocycles. The van der Waals surface area contributed by atoms with E-state index in [1.807, 2.05) is 0 Å². The first-order valence-corrected chi connectivity index (χ1v) is 3.29. The van der Waals surface area contributed by atoms with Gasteiger partial charge in [0.1, 0.15) is 5.82 Å². The Morgan fingerprint density at radius 1 is 1.20 bits per heavy atom. The zero-order valence-electron chi connectivity index (χ0n) is 5.22. The van der Waals surface area contributed by atoms with Crippen molar-refractivity contribution in [2.75, 3.05) is 0 Å². The third-order valence-electron chi connectivity index (χ3n) is 1.13. The Balaban J connectivity index is 2.89. The van der Waals surface area contributed by atoms with Crippen molar-refractivity contribution in [3.8, 4) is 0 Å². The number of hydrogen-bond donors (Lipinski definition) is 0. The second-order valence-electron chi connectivity index (χ2n) is 1.84. The van der Waals surface area contributed by atoms with Gasteiger partial charge in [0.25, 0.3) is 0 Å². The molecular weight excluding hydrogens is 151 g/mol. The molecule has 0 radical (unpaired) electrons. The predicted octanol–water partition coefficient (Wildman–Crippen LogP) is 3.04. The van der Waals surface area contributed by atoms with Crippen molar-refractivity contribution in [1.82, 2.24) is 0 Å². The van der Waals surface area contributed by atoms with Gasteiger partial charge in [-0.25, -0.2) is 4.39 Å². The average Bonchev–Trinajstić information content (AvgIpc) is 1.95. The maximum Gasteiger partial charge on any atom is 0.123 e. The summed E-state index contributed by atoms with van der Waals surface area (Å²) in [4.78, 5) is 0. The van der Waals surface area contributed by atoms with Gasteiger partial charge in [0.15, 0.2) is 0 Å². The lowest BCUT2D eigenvalue weighted by atomic mass is 10.2. The molecule has 2 heteroatoms. The molecule has 0 aromatic heterocycles. The lowest BCUT2D eigenvalue weighted by molar-refractivity contribution is 0.628. The lowest BCUT2D eigenvalue weighted by Gasteiger charge is -1.89. The Labute approximate surface area is 63.9 Å². The summed E-state index contributed by atoms with van der Waals surface area (Å²) >= 11 is 5.30. The molecule has 0 amide bonds. The maximum absolute atomic E-state index is 12.3. The van der Waals surface area contributed by atoms with Crippen LogP contribution in [0.4, 0.5) is 4.39 Å². The highest BCUT2D eigenvalue weighted by molar-refractivity contribution is 6.27. The first-order chi connectivity index (χ1) is 4.83. The zero-order chi connectivity index (χ0) is 7.40. The minimum absolute atomic E-state index is 0.230. The molecule has 0 spiro atoms. The highest BCUT2D eigenvalue weighted by atomic mass is 35.5. The van der Waals surface area contributed by atoms with Crippen LogP contribution in [0.25, 0.3) is 6.08 Å². The van der Waals surface area contributed by atoms with Crippen LogP contribution in [-0.4, -0.2) is 0 Å². The van der Waals surface area contributed by atoms with Crippen LogP contribution in [0.5, 0.6) is 0 Å². The molecule has 0 aliphatic heterocycles. The smallest absolute Gasteiger partial charge is 0.123 e. The zero-order valence-corrected chi connectivity index (χ0v) is 5.98. The molecule has 1 aromatic carbocycles. The monoisotopic (exact) mass is 156 g/mol. The summed E-state index contributed by atoms with van der Waals surface area (Å²) in [6, 6.07) is 6.11. The van der Waals surface area contributed by atoms with Crippen LogP contribution in [0.15, 0.2) is 29.8 Å². The van der Waals surface area contributed by atoms with Gasteiger partial charge in [0.05, 0.1) is 0 Å². The number of hydrogen-bond acceptors (Lipinski definition) is 0. The summed E-state index contributed by atoms with van der Waals surface area (Å²) in [5, 5.41) is 0. The third-order valence-corrected chi connectivity index (χ3v) is 1.25. The molecule has 0 atom stereocenters. The fourth-order valence-corrected chi connectivity index (χ4v) is 0.792. The van der Waals surface area contributed by atoms with E-state index < -0.39 is 0 Å². The van der Waals surface area contributed by atoms with E-state index in [0.717, 1.165) is 5.56 Å². The van der Waals surface area contributed by atoms with Gasteiger partial charge in [-0.3, -0.25) is 0 Å². The summed E-state index contributed by atoms with van der Waals surface area (Å²) in [6.07, 6.45) is 1.70. The number of rotatable bonds is 1. The van der Waals surface area contributed by atoms with Crippen LogP contribution >= 0.6 is 11.6 Å². The second kappa shape index (κ2) is 3.37. The molecule has 10 heavy (non-hydrogen) atoms. The van der Waals surface area contributed by atoms with E-state index >= 15 is 0 Å². The molecule has 1 rings (SSSR count). The summed E-state index contributed by atoms with van der Waals surface area (Å²) in [5.74, 6) is -0.230. The van der Waals surface area contributed by atoms with E-state index in [2.05, 4.69) is 0 Å². The predicted molar refractivity (Wildman–Crippen MR) is 41.3 cm³/mol. The van der Waals surface area contributed by atoms with Crippen molar-refractivity contribution >= 4 is 17.7 Å². The van der Waals surface area contributed by atoms with Gasteiger partial charge in [-0.05, 0) is 23.8 Å². The molecule has 0 fully saturated rings. The Hall–Kier alpha value is -0.820. The topological polar surface area (TPSA) is 0 Å². The van der Waals surface area contributed by atoms with Gasteiger partial charge in [-0.1, -0.05) is 23.7 Å². The van der Waals surface area contributed by atoms with Crippen LogP contribution in [0.2, 0.25) is 0 Å². The van der Waals surface area contributed by atoms with E-state index in [0.29, 0.717) is 0 Å². The SMILES string of the molecule is Fc1ccc(C=CCl)cc1. The molecule has 0 saturated heterocycles. The fourth-order valence-electron chi connectivity index (χ4n) is 0.647. The van der Waals surface area contributed by atoms with Crippen LogP contribution in [0.1, 0.15) is 5.56 Å². The van der Waals surface area contributed by atoms with Crippen LogP contribution in [0, 0.1) is 5.82 Å². The molecule has 0 nitrogen and oxygen atoms in total. The van der Waals surface area contributed by atoms with E-state index in [4.69, 9.17) is 11.6 Å². The van der Waals surface area contributed by atoms with Crippen molar-refractivity contribution in [2.24, 2.45) is 0 Å². The van der Waals surface area contributed by atoms with Crippen LogP contribution in [0.3, 0.4) is 0 Å². The maximum atomic E-state index is 12.3. The van der Waals surface area contributed by atoms with E-state index in [9.17, 15) is 4.39 Å². The minimum atomic E-state index is -0.230. The summed E-state index contributed by atoms with van der Waals surface area (Å²) in [5.41, 5.74) is 2.30. The fraction of sp³-hybridized carbons (Fsp3) is 0. The first kappa shape index (κ1) is 7.29. The third kappa shape index (κ3) is 1.85. The molecule has 1 aromatic rings. The van der Waals surface area contributed by atoms with Gasteiger partial charge in [-0.2, -0.15) is 0 Å². The van der Waals surface area contributed by atoms with Crippen molar-refractivity contribution in [3.05, 3.63) is 41.2 Å². The lowest BCUT2D eigenvalue weighted by Crippen LogP contribution is -1.72. The molecule has 0 aliphatic rings. The van der Waals surface area contributed by atoms with Gasteiger partial charge in [0.2, 0.25) is 0 Å². The normalized spacial score (nSPS) is 10.6. The van der Waals surface area contributed by atoms with Crippen LogP contribution in [-0.2, 0) is 0 Å². The highest BCUT2D eigenvalue weighted by Gasteiger charge is 1.86. The van der Waals surface area contributed by atoms with Gasteiger partial charge >= 0.3 is 0 Å². The van der Waals surface area contributed by atoms with Gasteiger partial charge in [0, 0.05) is 5.54 Å². The Kier molecular flexibility index (Phi) is 2.46. The molecule has 52 valence electrons. The second-order valence-corrected chi connectivity index (χ2v) is 2.10. The standard InChI is InChI=1S/C8H6ClF/c9-6-5-7-1-3-8(10)4-2-7/h1-6H. The molecule has 0 N–H and O–H groups in total. The molecule has 0 heterocycles. The van der Waals surface area contributed by atoms with E-state index in [1.165, 1.54) is 17.7 Å². The minimum Gasteiger partial charge on any atom is -0.207 e. The highest BCUT2D eigenvalue weighted by Crippen LogP contribution is 2.04. The first-order valence-electron chi connectivity index (χ1n) is 2.85. The van der Waals surface area contributed by atoms with Crippen molar-refractivity contribution in [3.63, 3.8) is 0 Å². The summed E-state index contributed by atoms with van der Waals surface area (Å²) in [6.45, 7) is 0. The number of benzene rings is 1. The van der Waals surface area contributed by atoms with Crippen LogP contribution < -0.4 is 0 Å². The molecule has 0 unspecified atom stereocenters. The summed E-state index contributed by atoms with van der Waals surface area (Å²) in [7, 11) is 0. The Bertz CT molecular complexity index is 226. The Morgan fingerprint density at radius 3 is 2.30 bits per heavy atom. The molecule has 0 saturated carbocycles. The van der Waals surface area contributed by atoms with E-state index in [1.54, 1.807) is 18.2 Å².